The molecule has 124 valence electrons. The number of carbonyl (C=O) groups excluding carboxylic acids is 1. The molecule has 1 unspecified atom stereocenters. The summed E-state index contributed by atoms with van der Waals surface area (Å²) in [5, 5.41) is 2.88. The predicted octanol–water partition coefficient (Wildman–Crippen LogP) is 4.75. The molecule has 0 saturated carbocycles. The number of amides is 1. The molecule has 1 aromatic heterocycles. The van der Waals surface area contributed by atoms with Crippen molar-refractivity contribution < 1.29 is 4.79 Å². The van der Waals surface area contributed by atoms with Gasteiger partial charge in [-0.25, -0.2) is 4.98 Å². The Bertz CT molecular complexity index is 638. The summed E-state index contributed by atoms with van der Waals surface area (Å²) >= 11 is 0. The summed E-state index contributed by atoms with van der Waals surface area (Å²) in [6, 6.07) is 12.1. The van der Waals surface area contributed by atoms with Crippen LogP contribution in [0.25, 0.3) is 0 Å². The van der Waals surface area contributed by atoms with Crippen LogP contribution in [0.4, 0.5) is 5.82 Å². The van der Waals surface area contributed by atoms with Crippen LogP contribution in [-0.2, 0) is 11.2 Å². The first-order chi connectivity index (χ1) is 10.5. The monoisotopic (exact) mass is 332 g/mol. The van der Waals surface area contributed by atoms with Crippen molar-refractivity contribution in [3.8, 4) is 0 Å². The van der Waals surface area contributed by atoms with Crippen molar-refractivity contribution in [1.29, 1.82) is 0 Å². The first-order valence-corrected chi connectivity index (χ1v) is 7.78. The molecule has 0 aliphatic rings. The maximum atomic E-state index is 12.3. The van der Waals surface area contributed by atoms with Gasteiger partial charge in [0.15, 0.2) is 0 Å². The Morgan fingerprint density at radius 1 is 1.13 bits per heavy atom. The highest BCUT2D eigenvalue weighted by Gasteiger charge is 2.15. The van der Waals surface area contributed by atoms with Crippen LogP contribution in [0.2, 0.25) is 0 Å². The molecule has 1 heterocycles. The van der Waals surface area contributed by atoms with Gasteiger partial charge in [0.1, 0.15) is 5.82 Å². The summed E-state index contributed by atoms with van der Waals surface area (Å²) in [5.74, 6) is 1.01. The molecule has 0 aliphatic heterocycles. The van der Waals surface area contributed by atoms with E-state index in [9.17, 15) is 4.79 Å². The van der Waals surface area contributed by atoms with E-state index in [1.807, 2.05) is 38.1 Å². The highest BCUT2D eigenvalue weighted by Crippen LogP contribution is 2.19. The van der Waals surface area contributed by atoms with Gasteiger partial charge < -0.3 is 5.32 Å². The van der Waals surface area contributed by atoms with Crippen molar-refractivity contribution in [3.63, 3.8) is 0 Å². The van der Waals surface area contributed by atoms with E-state index in [1.54, 1.807) is 6.20 Å². The minimum absolute atomic E-state index is 0. The molecule has 2 rings (SSSR count). The quantitative estimate of drug-likeness (QED) is 0.858. The molecule has 4 heteroatoms. The van der Waals surface area contributed by atoms with Crippen LogP contribution in [0.5, 0.6) is 0 Å². The topological polar surface area (TPSA) is 42.0 Å². The summed E-state index contributed by atoms with van der Waals surface area (Å²) in [7, 11) is 0. The van der Waals surface area contributed by atoms with Crippen LogP contribution < -0.4 is 5.32 Å². The summed E-state index contributed by atoms with van der Waals surface area (Å²) in [6.07, 6.45) is 2.77. The molecule has 0 bridgehead atoms. The van der Waals surface area contributed by atoms with Gasteiger partial charge in [-0.3, -0.25) is 4.79 Å². The number of aryl methyl sites for hydroxylation is 1. The number of carbonyl (C=O) groups is 1. The zero-order chi connectivity index (χ0) is 16.1. The lowest BCUT2D eigenvalue weighted by Crippen LogP contribution is -2.19. The Labute approximate surface area is 144 Å². The molecule has 0 saturated heterocycles. The maximum Gasteiger partial charge on any atom is 0.232 e. The van der Waals surface area contributed by atoms with Gasteiger partial charge in [-0.2, -0.15) is 0 Å². The summed E-state index contributed by atoms with van der Waals surface area (Å²) in [4.78, 5) is 16.5. The molecule has 0 spiro atoms. The van der Waals surface area contributed by atoms with Crippen LogP contribution >= 0.6 is 12.4 Å². The molecular weight excluding hydrogens is 308 g/mol. The fourth-order valence-corrected chi connectivity index (χ4v) is 2.40. The standard InChI is InChI=1S/C19H24N2O.ClH/c1-13(2)11-16-5-7-17(8-6-16)15(4)19(22)21-18-12-14(3)9-10-20-18;/h5-10,12-13,15H,11H2,1-4H3,(H,20,21,22);1H. The lowest BCUT2D eigenvalue weighted by Gasteiger charge is -2.13. The Morgan fingerprint density at radius 3 is 2.35 bits per heavy atom. The summed E-state index contributed by atoms with van der Waals surface area (Å²) in [5.41, 5.74) is 3.42. The molecule has 1 N–H and O–H groups in total. The second kappa shape index (κ2) is 8.68. The van der Waals surface area contributed by atoms with E-state index in [2.05, 4.69) is 36.3 Å². The Balaban J connectivity index is 0.00000264. The molecule has 1 atom stereocenters. The summed E-state index contributed by atoms with van der Waals surface area (Å²) in [6.45, 7) is 8.31. The molecule has 0 aliphatic carbocycles. The molecular formula is C19H25ClN2O. The van der Waals surface area contributed by atoms with Gasteiger partial charge in [-0.05, 0) is 55.0 Å². The minimum atomic E-state index is -0.199. The van der Waals surface area contributed by atoms with E-state index < -0.39 is 0 Å². The number of aromatic nitrogens is 1. The smallest absolute Gasteiger partial charge is 0.232 e. The van der Waals surface area contributed by atoms with Crippen LogP contribution in [0, 0.1) is 12.8 Å². The molecule has 0 fully saturated rings. The van der Waals surface area contributed by atoms with Gasteiger partial charge in [-0.1, -0.05) is 38.1 Å². The number of hydrogen-bond donors (Lipinski definition) is 1. The highest BCUT2D eigenvalue weighted by atomic mass is 35.5. The number of anilines is 1. The van der Waals surface area contributed by atoms with Crippen LogP contribution in [-0.4, -0.2) is 10.9 Å². The predicted molar refractivity (Wildman–Crippen MR) is 98.3 cm³/mol. The van der Waals surface area contributed by atoms with E-state index in [0.717, 1.165) is 17.5 Å². The molecule has 2 aromatic rings. The zero-order valence-electron chi connectivity index (χ0n) is 14.2. The second-order valence-corrected chi connectivity index (χ2v) is 6.27. The number of nitrogens with zero attached hydrogens (tertiary/aromatic N) is 1. The highest BCUT2D eigenvalue weighted by molar-refractivity contribution is 5.94. The number of benzene rings is 1. The Kier molecular flexibility index (Phi) is 7.24. The van der Waals surface area contributed by atoms with Crippen LogP contribution in [0.15, 0.2) is 42.6 Å². The average Bonchev–Trinajstić information content (AvgIpc) is 2.46. The molecule has 3 nitrogen and oxygen atoms in total. The third-order valence-electron chi connectivity index (χ3n) is 3.68. The van der Waals surface area contributed by atoms with Gasteiger partial charge in [0.25, 0.3) is 0 Å². The largest absolute Gasteiger partial charge is 0.310 e. The third kappa shape index (κ3) is 5.68. The molecule has 0 radical (unpaired) electrons. The number of pyridine rings is 1. The lowest BCUT2D eigenvalue weighted by molar-refractivity contribution is -0.117. The summed E-state index contributed by atoms with van der Waals surface area (Å²) < 4.78 is 0. The molecule has 1 aromatic carbocycles. The van der Waals surface area contributed by atoms with Crippen molar-refractivity contribution in [1.82, 2.24) is 4.98 Å². The lowest BCUT2D eigenvalue weighted by atomic mass is 9.96. The van der Waals surface area contributed by atoms with E-state index >= 15 is 0 Å². The Morgan fingerprint density at radius 2 is 1.78 bits per heavy atom. The SMILES string of the molecule is Cc1ccnc(NC(=O)C(C)c2ccc(CC(C)C)cc2)c1.Cl. The normalized spacial score (nSPS) is 11.7. The first-order valence-electron chi connectivity index (χ1n) is 7.78. The van der Waals surface area contributed by atoms with Crippen molar-refractivity contribution in [2.75, 3.05) is 5.32 Å². The molecule has 1 amide bonds. The van der Waals surface area contributed by atoms with E-state index in [0.29, 0.717) is 11.7 Å². The van der Waals surface area contributed by atoms with Crippen molar-refractivity contribution in [3.05, 3.63) is 59.3 Å². The Hall–Kier alpha value is -1.87. The van der Waals surface area contributed by atoms with Crippen LogP contribution in [0.1, 0.15) is 43.4 Å². The van der Waals surface area contributed by atoms with E-state index in [1.165, 1.54) is 5.56 Å². The van der Waals surface area contributed by atoms with Gasteiger partial charge >= 0.3 is 0 Å². The number of hydrogen-bond acceptors (Lipinski definition) is 2. The van der Waals surface area contributed by atoms with Gasteiger partial charge in [0.05, 0.1) is 5.92 Å². The van der Waals surface area contributed by atoms with Gasteiger partial charge in [-0.15, -0.1) is 12.4 Å². The number of halogens is 1. The minimum Gasteiger partial charge on any atom is -0.310 e. The van der Waals surface area contributed by atoms with E-state index in [-0.39, 0.29) is 24.2 Å². The van der Waals surface area contributed by atoms with E-state index in [4.69, 9.17) is 0 Å². The van der Waals surface area contributed by atoms with Crippen molar-refractivity contribution >= 4 is 24.1 Å². The average molecular weight is 333 g/mol. The maximum absolute atomic E-state index is 12.3. The van der Waals surface area contributed by atoms with Gasteiger partial charge in [0, 0.05) is 6.20 Å². The zero-order valence-corrected chi connectivity index (χ0v) is 15.0. The fraction of sp³-hybridized carbons (Fsp3) is 0.368. The number of rotatable bonds is 5. The molecule has 23 heavy (non-hydrogen) atoms. The van der Waals surface area contributed by atoms with Crippen molar-refractivity contribution in [2.24, 2.45) is 5.92 Å². The van der Waals surface area contributed by atoms with Crippen molar-refractivity contribution in [2.45, 2.75) is 40.0 Å². The third-order valence-corrected chi connectivity index (χ3v) is 3.68. The van der Waals surface area contributed by atoms with Crippen LogP contribution in [0.3, 0.4) is 0 Å². The first kappa shape index (κ1) is 19.2. The number of nitrogens with one attached hydrogen (secondary N) is 1. The second-order valence-electron chi connectivity index (χ2n) is 6.27. The fourth-order valence-electron chi connectivity index (χ4n) is 2.40. The van der Waals surface area contributed by atoms with Gasteiger partial charge in [0.2, 0.25) is 5.91 Å².